The van der Waals surface area contributed by atoms with Crippen LogP contribution in [-0.4, -0.2) is 24.9 Å². The van der Waals surface area contributed by atoms with Crippen LogP contribution in [0, 0.1) is 0 Å². The lowest BCUT2D eigenvalue weighted by Crippen LogP contribution is -2.31. The molecule has 0 saturated carbocycles. The largest absolute Gasteiger partial charge is 0.355 e. The second kappa shape index (κ2) is 8.06. The lowest BCUT2D eigenvalue weighted by Gasteiger charge is -2.05. The van der Waals surface area contributed by atoms with Gasteiger partial charge in [0, 0.05) is 19.5 Å². The number of hydrogen-bond donors (Lipinski definition) is 2. The van der Waals surface area contributed by atoms with E-state index in [1.165, 1.54) is 0 Å². The summed E-state index contributed by atoms with van der Waals surface area (Å²) in [6.45, 7) is 4.31. The second-order valence-electron chi connectivity index (χ2n) is 3.86. The maximum Gasteiger partial charge on any atom is 0.224 e. The van der Waals surface area contributed by atoms with Crippen molar-refractivity contribution in [1.82, 2.24) is 10.6 Å². The summed E-state index contributed by atoms with van der Waals surface area (Å²) in [5.74, 6) is -0.160. The number of carbonyl (C=O) groups excluding carboxylic acids is 2. The highest BCUT2D eigenvalue weighted by molar-refractivity contribution is 5.80. The number of rotatable bonds is 7. The van der Waals surface area contributed by atoms with Crippen LogP contribution in [0.2, 0.25) is 0 Å². The molecule has 18 heavy (non-hydrogen) atoms. The molecule has 0 aliphatic heterocycles. The maximum atomic E-state index is 11.5. The van der Waals surface area contributed by atoms with Gasteiger partial charge in [0.05, 0.1) is 6.42 Å². The van der Waals surface area contributed by atoms with Gasteiger partial charge in [-0.3, -0.25) is 9.59 Å². The fraction of sp³-hybridized carbons (Fsp3) is 0.286. The molecular formula is C14H18N2O2. The molecule has 1 aromatic carbocycles. The molecule has 1 rings (SSSR count). The first-order valence-electron chi connectivity index (χ1n) is 5.90. The van der Waals surface area contributed by atoms with Gasteiger partial charge >= 0.3 is 0 Å². The van der Waals surface area contributed by atoms with E-state index in [0.29, 0.717) is 19.5 Å². The highest BCUT2D eigenvalue weighted by atomic mass is 16.2. The molecular weight excluding hydrogens is 228 g/mol. The molecule has 0 aliphatic rings. The molecule has 0 unspecified atom stereocenters. The fourth-order valence-corrected chi connectivity index (χ4v) is 1.43. The lowest BCUT2D eigenvalue weighted by atomic mass is 10.1. The Morgan fingerprint density at radius 1 is 1.11 bits per heavy atom. The van der Waals surface area contributed by atoms with Crippen molar-refractivity contribution in [3.8, 4) is 0 Å². The molecule has 0 atom stereocenters. The van der Waals surface area contributed by atoms with Gasteiger partial charge in [-0.25, -0.2) is 0 Å². The van der Waals surface area contributed by atoms with Gasteiger partial charge in [0.15, 0.2) is 0 Å². The number of nitrogens with one attached hydrogen (secondary N) is 2. The molecule has 0 saturated heterocycles. The normalized spacial score (nSPS) is 9.56. The number of benzene rings is 1. The van der Waals surface area contributed by atoms with Gasteiger partial charge in [0.1, 0.15) is 0 Å². The van der Waals surface area contributed by atoms with Crippen LogP contribution in [0.4, 0.5) is 0 Å². The van der Waals surface area contributed by atoms with E-state index in [1.54, 1.807) is 6.08 Å². The summed E-state index contributed by atoms with van der Waals surface area (Å²) in [4.78, 5) is 22.8. The Bertz CT molecular complexity index is 402. The van der Waals surface area contributed by atoms with Crippen molar-refractivity contribution in [3.05, 3.63) is 48.6 Å². The van der Waals surface area contributed by atoms with Crippen LogP contribution in [0.5, 0.6) is 0 Å². The quantitative estimate of drug-likeness (QED) is 0.706. The summed E-state index contributed by atoms with van der Waals surface area (Å²) in [6.07, 6.45) is 2.25. The summed E-state index contributed by atoms with van der Waals surface area (Å²) in [5.41, 5.74) is 0.964. The first kappa shape index (κ1) is 14.0. The monoisotopic (exact) mass is 246 g/mol. The Balaban J connectivity index is 2.18. The fourth-order valence-electron chi connectivity index (χ4n) is 1.43. The van der Waals surface area contributed by atoms with Gasteiger partial charge in [-0.2, -0.15) is 0 Å². The van der Waals surface area contributed by atoms with Gasteiger partial charge in [0.2, 0.25) is 11.8 Å². The molecule has 0 aliphatic carbocycles. The molecule has 0 aromatic heterocycles. The van der Waals surface area contributed by atoms with Gasteiger partial charge in [-0.15, -0.1) is 6.58 Å². The SMILES string of the molecule is C=CCNC(=O)CCNC(=O)Cc1ccccc1. The Hall–Kier alpha value is -2.10. The summed E-state index contributed by atoms with van der Waals surface area (Å²) in [7, 11) is 0. The average Bonchev–Trinajstić information content (AvgIpc) is 2.37. The van der Waals surface area contributed by atoms with E-state index in [0.717, 1.165) is 5.56 Å². The Kier molecular flexibility index (Phi) is 6.25. The van der Waals surface area contributed by atoms with Crippen molar-refractivity contribution in [2.24, 2.45) is 0 Å². The number of hydrogen-bond acceptors (Lipinski definition) is 2. The van der Waals surface area contributed by atoms with Crippen LogP contribution >= 0.6 is 0 Å². The van der Waals surface area contributed by atoms with E-state index in [4.69, 9.17) is 0 Å². The summed E-state index contributed by atoms with van der Waals surface area (Å²) in [5, 5.41) is 5.36. The Morgan fingerprint density at radius 2 is 1.83 bits per heavy atom. The van der Waals surface area contributed by atoms with Crippen molar-refractivity contribution in [1.29, 1.82) is 0 Å². The van der Waals surface area contributed by atoms with Gasteiger partial charge in [-0.1, -0.05) is 36.4 Å². The minimum atomic E-state index is -0.0880. The zero-order chi connectivity index (χ0) is 13.2. The van der Waals surface area contributed by atoms with Crippen LogP contribution in [0.3, 0.4) is 0 Å². The second-order valence-corrected chi connectivity index (χ2v) is 3.86. The minimum Gasteiger partial charge on any atom is -0.355 e. The number of amides is 2. The van der Waals surface area contributed by atoms with E-state index >= 15 is 0 Å². The van der Waals surface area contributed by atoms with Gasteiger partial charge < -0.3 is 10.6 Å². The van der Waals surface area contributed by atoms with Gasteiger partial charge in [-0.05, 0) is 5.56 Å². The number of carbonyl (C=O) groups is 2. The molecule has 0 spiro atoms. The van der Waals surface area contributed by atoms with Crippen molar-refractivity contribution in [3.63, 3.8) is 0 Å². The van der Waals surface area contributed by atoms with Crippen molar-refractivity contribution in [2.75, 3.05) is 13.1 Å². The van der Waals surface area contributed by atoms with E-state index in [1.807, 2.05) is 30.3 Å². The third-order valence-corrected chi connectivity index (χ3v) is 2.33. The summed E-state index contributed by atoms with van der Waals surface area (Å²) < 4.78 is 0. The highest BCUT2D eigenvalue weighted by Gasteiger charge is 2.04. The zero-order valence-electron chi connectivity index (χ0n) is 10.3. The summed E-state index contributed by atoms with van der Waals surface area (Å²) >= 11 is 0. The molecule has 4 nitrogen and oxygen atoms in total. The summed E-state index contributed by atoms with van der Waals surface area (Å²) in [6, 6.07) is 9.49. The van der Waals surface area contributed by atoms with Crippen molar-refractivity contribution in [2.45, 2.75) is 12.8 Å². The molecule has 0 fully saturated rings. The van der Waals surface area contributed by atoms with E-state index < -0.39 is 0 Å². The molecule has 2 N–H and O–H groups in total. The van der Waals surface area contributed by atoms with Crippen molar-refractivity contribution < 1.29 is 9.59 Å². The first-order valence-corrected chi connectivity index (χ1v) is 5.90. The van der Waals surface area contributed by atoms with Crippen LogP contribution in [0.15, 0.2) is 43.0 Å². The van der Waals surface area contributed by atoms with E-state index in [9.17, 15) is 9.59 Å². The average molecular weight is 246 g/mol. The van der Waals surface area contributed by atoms with Crippen LogP contribution < -0.4 is 10.6 Å². The maximum absolute atomic E-state index is 11.5. The van der Waals surface area contributed by atoms with Crippen molar-refractivity contribution >= 4 is 11.8 Å². The van der Waals surface area contributed by atoms with Crippen LogP contribution in [-0.2, 0) is 16.0 Å². The molecule has 0 heterocycles. The topological polar surface area (TPSA) is 58.2 Å². The minimum absolute atomic E-state index is 0.0716. The Morgan fingerprint density at radius 3 is 2.50 bits per heavy atom. The Labute approximate surface area is 107 Å². The van der Waals surface area contributed by atoms with Crippen LogP contribution in [0.1, 0.15) is 12.0 Å². The first-order chi connectivity index (χ1) is 8.72. The molecule has 1 aromatic rings. The third-order valence-electron chi connectivity index (χ3n) is 2.33. The van der Waals surface area contributed by atoms with Crippen LogP contribution in [0.25, 0.3) is 0 Å². The predicted octanol–water partition coefficient (Wildman–Crippen LogP) is 1.04. The van der Waals surface area contributed by atoms with E-state index in [2.05, 4.69) is 17.2 Å². The molecule has 4 heteroatoms. The molecule has 0 radical (unpaired) electrons. The highest BCUT2D eigenvalue weighted by Crippen LogP contribution is 1.98. The third kappa shape index (κ3) is 5.84. The zero-order valence-corrected chi connectivity index (χ0v) is 10.3. The predicted molar refractivity (Wildman–Crippen MR) is 71.0 cm³/mol. The lowest BCUT2D eigenvalue weighted by molar-refractivity contribution is -0.121. The molecule has 2 amide bonds. The standard InChI is InChI=1S/C14H18N2O2/c1-2-9-15-13(17)8-10-16-14(18)11-12-6-4-3-5-7-12/h2-7H,1,8-11H2,(H,15,17)(H,16,18). The smallest absolute Gasteiger partial charge is 0.224 e. The molecule has 96 valence electrons. The van der Waals surface area contributed by atoms with Gasteiger partial charge in [0.25, 0.3) is 0 Å². The molecule has 0 bridgehead atoms. The van der Waals surface area contributed by atoms with E-state index in [-0.39, 0.29) is 18.2 Å².